The van der Waals surface area contributed by atoms with Crippen LogP contribution >= 0.6 is 15.9 Å². The van der Waals surface area contributed by atoms with Crippen molar-refractivity contribution in [1.29, 1.82) is 0 Å². The molecule has 0 saturated heterocycles. The second-order valence-electron chi connectivity index (χ2n) is 5.16. The quantitative estimate of drug-likeness (QED) is 0.381. The highest BCUT2D eigenvalue weighted by molar-refractivity contribution is 9.10. The van der Waals surface area contributed by atoms with Crippen molar-refractivity contribution < 1.29 is 14.1 Å². The average molecular weight is 414 g/mol. The number of para-hydroxylation sites is 1. The molecule has 0 unspecified atom stereocenters. The number of hydrazone groups is 1. The van der Waals surface area contributed by atoms with E-state index in [-0.39, 0.29) is 11.6 Å². The fraction of sp³-hybridized carbons (Fsp3) is 0. The lowest BCUT2D eigenvalue weighted by Crippen LogP contribution is -2.17. The van der Waals surface area contributed by atoms with Gasteiger partial charge in [0, 0.05) is 10.5 Å². The summed E-state index contributed by atoms with van der Waals surface area (Å²) in [7, 11) is 0. The molecule has 1 N–H and O–H groups in total. The minimum absolute atomic E-state index is 0.0485. The molecule has 0 bridgehead atoms. The van der Waals surface area contributed by atoms with Crippen molar-refractivity contribution in [1.82, 2.24) is 5.43 Å². The molecule has 0 spiro atoms. The van der Waals surface area contributed by atoms with Crippen molar-refractivity contribution in [2.75, 3.05) is 0 Å². The number of furan rings is 1. The summed E-state index contributed by atoms with van der Waals surface area (Å²) in [4.78, 5) is 22.7. The predicted octanol–water partition coefficient (Wildman–Crippen LogP) is 4.38. The first-order valence-electron chi connectivity index (χ1n) is 7.48. The van der Waals surface area contributed by atoms with E-state index in [1.54, 1.807) is 54.6 Å². The van der Waals surface area contributed by atoms with Crippen LogP contribution in [0.1, 0.15) is 16.1 Å². The zero-order valence-electron chi connectivity index (χ0n) is 13.3. The Labute approximate surface area is 156 Å². The standard InChI is InChI=1S/C18H12BrN3O4/c19-15-7-3-1-5-13(15)18(23)21-20-11-12-9-10-17(26-12)14-6-2-4-8-16(14)22(24)25/h1-11H,(H,21,23)/b20-11-. The molecule has 0 atom stereocenters. The molecule has 3 aromatic rings. The number of carbonyl (C=O) groups is 1. The van der Waals surface area contributed by atoms with E-state index in [2.05, 4.69) is 26.5 Å². The van der Waals surface area contributed by atoms with Crippen molar-refractivity contribution in [2.24, 2.45) is 5.10 Å². The Bertz CT molecular complexity index is 997. The van der Waals surface area contributed by atoms with E-state index in [9.17, 15) is 14.9 Å². The zero-order valence-corrected chi connectivity index (χ0v) is 14.8. The predicted molar refractivity (Wildman–Crippen MR) is 100 cm³/mol. The van der Waals surface area contributed by atoms with Gasteiger partial charge in [0.05, 0.1) is 22.3 Å². The average Bonchev–Trinajstić information content (AvgIpc) is 3.10. The molecule has 7 nitrogen and oxygen atoms in total. The number of nitro benzene ring substituents is 1. The van der Waals surface area contributed by atoms with Crippen LogP contribution in [0.2, 0.25) is 0 Å². The number of nitrogens with one attached hydrogen (secondary N) is 1. The van der Waals surface area contributed by atoms with Gasteiger partial charge in [0.25, 0.3) is 11.6 Å². The van der Waals surface area contributed by atoms with Gasteiger partial charge in [0.15, 0.2) is 0 Å². The summed E-state index contributed by atoms with van der Waals surface area (Å²) in [5.74, 6) is 0.320. The Hall–Kier alpha value is -3.26. The van der Waals surface area contributed by atoms with E-state index in [1.165, 1.54) is 12.3 Å². The van der Waals surface area contributed by atoms with Gasteiger partial charge in [-0.05, 0) is 46.3 Å². The first-order valence-corrected chi connectivity index (χ1v) is 8.27. The minimum atomic E-state index is -0.469. The number of halogens is 1. The molecule has 26 heavy (non-hydrogen) atoms. The van der Waals surface area contributed by atoms with Crippen LogP contribution in [-0.2, 0) is 0 Å². The molecule has 0 radical (unpaired) electrons. The molecule has 1 aromatic heterocycles. The lowest BCUT2D eigenvalue weighted by molar-refractivity contribution is -0.384. The van der Waals surface area contributed by atoms with E-state index in [1.807, 2.05) is 0 Å². The van der Waals surface area contributed by atoms with Crippen molar-refractivity contribution in [3.05, 3.63) is 86.6 Å². The monoisotopic (exact) mass is 413 g/mol. The van der Waals surface area contributed by atoms with Crippen LogP contribution in [0.4, 0.5) is 5.69 Å². The van der Waals surface area contributed by atoms with Gasteiger partial charge < -0.3 is 4.42 Å². The molecule has 0 aliphatic carbocycles. The number of hydrogen-bond acceptors (Lipinski definition) is 5. The van der Waals surface area contributed by atoms with E-state index >= 15 is 0 Å². The van der Waals surface area contributed by atoms with Crippen molar-refractivity contribution in [2.45, 2.75) is 0 Å². The fourth-order valence-corrected chi connectivity index (χ4v) is 2.73. The Balaban J connectivity index is 1.73. The van der Waals surface area contributed by atoms with Crippen molar-refractivity contribution >= 4 is 33.7 Å². The molecule has 130 valence electrons. The van der Waals surface area contributed by atoms with Crippen LogP contribution in [0, 0.1) is 10.1 Å². The van der Waals surface area contributed by atoms with Crippen molar-refractivity contribution in [3.63, 3.8) is 0 Å². The smallest absolute Gasteiger partial charge is 0.280 e. The fourth-order valence-electron chi connectivity index (χ4n) is 2.27. The largest absolute Gasteiger partial charge is 0.455 e. The summed E-state index contributed by atoms with van der Waals surface area (Å²) in [6.07, 6.45) is 1.33. The van der Waals surface area contributed by atoms with E-state index in [0.717, 1.165) is 0 Å². The Morgan fingerprint density at radius 3 is 2.62 bits per heavy atom. The highest BCUT2D eigenvalue weighted by atomic mass is 79.9. The number of nitrogens with zero attached hydrogens (tertiary/aromatic N) is 2. The third kappa shape index (κ3) is 3.86. The number of carbonyl (C=O) groups excluding carboxylic acids is 1. The van der Waals surface area contributed by atoms with E-state index < -0.39 is 4.92 Å². The molecule has 0 aliphatic rings. The zero-order chi connectivity index (χ0) is 18.5. The Morgan fingerprint density at radius 2 is 1.85 bits per heavy atom. The molecule has 2 aromatic carbocycles. The summed E-state index contributed by atoms with van der Waals surface area (Å²) in [6, 6.07) is 16.5. The summed E-state index contributed by atoms with van der Waals surface area (Å²) >= 11 is 3.30. The van der Waals surface area contributed by atoms with Gasteiger partial charge in [-0.3, -0.25) is 14.9 Å². The Morgan fingerprint density at radius 1 is 1.12 bits per heavy atom. The van der Waals surface area contributed by atoms with E-state index in [0.29, 0.717) is 27.1 Å². The lowest BCUT2D eigenvalue weighted by atomic mass is 10.1. The van der Waals surface area contributed by atoms with Crippen molar-refractivity contribution in [3.8, 4) is 11.3 Å². The number of amides is 1. The molecular formula is C18H12BrN3O4. The van der Waals surface area contributed by atoms with Crippen LogP contribution in [0.5, 0.6) is 0 Å². The summed E-state index contributed by atoms with van der Waals surface area (Å²) in [5, 5.41) is 14.9. The third-order valence-corrected chi connectivity index (χ3v) is 4.16. The second-order valence-corrected chi connectivity index (χ2v) is 6.01. The van der Waals surface area contributed by atoms with Gasteiger partial charge in [-0.15, -0.1) is 0 Å². The van der Waals surface area contributed by atoms with E-state index in [4.69, 9.17) is 4.42 Å². The van der Waals surface area contributed by atoms with Gasteiger partial charge >= 0.3 is 0 Å². The highest BCUT2D eigenvalue weighted by Gasteiger charge is 2.16. The number of hydrogen-bond donors (Lipinski definition) is 1. The summed E-state index contributed by atoms with van der Waals surface area (Å²) in [6.45, 7) is 0. The highest BCUT2D eigenvalue weighted by Crippen LogP contribution is 2.30. The minimum Gasteiger partial charge on any atom is -0.455 e. The SMILES string of the molecule is O=C(N/N=C\c1ccc(-c2ccccc2[N+](=O)[O-])o1)c1ccccc1Br. The van der Waals surface area contributed by atoms with Gasteiger partial charge in [0.2, 0.25) is 0 Å². The number of rotatable bonds is 5. The second kappa shape index (κ2) is 7.75. The van der Waals surface area contributed by atoms with Crippen LogP contribution in [0.15, 0.2) is 74.7 Å². The molecule has 1 amide bonds. The van der Waals surface area contributed by atoms with Gasteiger partial charge in [0.1, 0.15) is 11.5 Å². The molecule has 0 aliphatic heterocycles. The molecule has 3 rings (SSSR count). The normalized spacial score (nSPS) is 10.8. The molecule has 1 heterocycles. The number of nitro groups is 1. The lowest BCUT2D eigenvalue weighted by Gasteiger charge is -2.01. The maximum absolute atomic E-state index is 12.0. The molecular weight excluding hydrogens is 402 g/mol. The van der Waals surface area contributed by atoms with Gasteiger partial charge in [-0.1, -0.05) is 24.3 Å². The van der Waals surface area contributed by atoms with Crippen LogP contribution in [-0.4, -0.2) is 17.0 Å². The van der Waals surface area contributed by atoms with Gasteiger partial charge in [-0.25, -0.2) is 5.43 Å². The number of benzene rings is 2. The molecule has 0 fully saturated rings. The summed E-state index contributed by atoms with van der Waals surface area (Å²) < 4.78 is 6.21. The van der Waals surface area contributed by atoms with Crippen LogP contribution in [0.25, 0.3) is 11.3 Å². The third-order valence-electron chi connectivity index (χ3n) is 3.47. The first kappa shape index (κ1) is 17.6. The maximum Gasteiger partial charge on any atom is 0.280 e. The molecule has 0 saturated carbocycles. The topological polar surface area (TPSA) is 97.7 Å². The first-order chi connectivity index (χ1) is 12.6. The summed E-state index contributed by atoms with van der Waals surface area (Å²) in [5.41, 5.74) is 3.17. The van der Waals surface area contributed by atoms with Crippen LogP contribution < -0.4 is 5.43 Å². The Kier molecular flexibility index (Phi) is 5.23. The van der Waals surface area contributed by atoms with Gasteiger partial charge in [-0.2, -0.15) is 5.10 Å². The van der Waals surface area contributed by atoms with Crippen LogP contribution in [0.3, 0.4) is 0 Å². The maximum atomic E-state index is 12.0. The molecule has 8 heteroatoms.